The predicted molar refractivity (Wildman–Crippen MR) is 95.2 cm³/mol. The lowest BCUT2D eigenvalue weighted by Gasteiger charge is -2.07. The van der Waals surface area contributed by atoms with Crippen molar-refractivity contribution in [1.82, 2.24) is 0 Å². The van der Waals surface area contributed by atoms with E-state index in [-0.39, 0.29) is 11.3 Å². The highest BCUT2D eigenvalue weighted by Gasteiger charge is 2.11. The first-order valence-electron chi connectivity index (χ1n) is 7.72. The maximum absolute atomic E-state index is 11.1. The quantitative estimate of drug-likeness (QED) is 0.642. The molecule has 0 aliphatic carbocycles. The lowest BCUT2D eigenvalue weighted by atomic mass is 10.0. The second-order valence-corrected chi connectivity index (χ2v) is 5.44. The Kier molecular flexibility index (Phi) is 4.85. The number of phenolic OH excluding ortho intramolecular Hbond substituents is 1. The van der Waals surface area contributed by atoms with Crippen LogP contribution in [0.5, 0.6) is 5.75 Å². The zero-order valence-electron chi connectivity index (χ0n) is 13.3. The largest absolute Gasteiger partial charge is 0.505 e. The molecule has 0 atom stereocenters. The van der Waals surface area contributed by atoms with E-state index in [0.29, 0.717) is 23.4 Å². The lowest BCUT2D eigenvalue weighted by molar-refractivity contribution is 0.0697. The molecule has 0 bridgehead atoms. The van der Waals surface area contributed by atoms with Gasteiger partial charge in [-0.05, 0) is 29.3 Å². The van der Waals surface area contributed by atoms with E-state index in [2.05, 4.69) is 10.2 Å². The average molecular weight is 332 g/mol. The van der Waals surface area contributed by atoms with E-state index in [1.807, 2.05) is 30.3 Å². The highest BCUT2D eigenvalue weighted by Crippen LogP contribution is 2.37. The number of carboxylic acid groups (broad SMARTS) is 1. The molecular formula is C20H16N2O3. The van der Waals surface area contributed by atoms with Gasteiger partial charge in [-0.15, -0.1) is 0 Å². The van der Waals surface area contributed by atoms with Crippen molar-refractivity contribution in [3.63, 3.8) is 0 Å². The van der Waals surface area contributed by atoms with Crippen LogP contribution >= 0.6 is 0 Å². The number of carbonyl (C=O) groups is 1. The number of azo groups is 1. The topological polar surface area (TPSA) is 82.2 Å². The fraction of sp³-hybridized carbons (Fsp3) is 0.0500. The maximum atomic E-state index is 11.1. The Labute approximate surface area is 144 Å². The summed E-state index contributed by atoms with van der Waals surface area (Å²) in [4.78, 5) is 11.1. The van der Waals surface area contributed by atoms with E-state index < -0.39 is 5.97 Å². The van der Waals surface area contributed by atoms with Gasteiger partial charge < -0.3 is 10.2 Å². The average Bonchev–Trinajstić information content (AvgIpc) is 2.64. The molecule has 0 heterocycles. The van der Waals surface area contributed by atoms with Crippen molar-refractivity contribution in [2.24, 2.45) is 10.2 Å². The molecule has 0 aliphatic heterocycles. The molecule has 124 valence electrons. The third-order valence-corrected chi connectivity index (χ3v) is 3.71. The smallest absolute Gasteiger partial charge is 0.335 e. The molecule has 0 radical (unpaired) electrons. The van der Waals surface area contributed by atoms with Gasteiger partial charge in [-0.2, -0.15) is 10.2 Å². The number of hydrogen-bond donors (Lipinski definition) is 2. The Morgan fingerprint density at radius 1 is 0.920 bits per heavy atom. The Hall–Kier alpha value is -3.47. The molecular weight excluding hydrogens is 316 g/mol. The molecule has 25 heavy (non-hydrogen) atoms. The summed E-state index contributed by atoms with van der Waals surface area (Å²) in [5.74, 6) is -1.04. The van der Waals surface area contributed by atoms with Crippen molar-refractivity contribution in [2.45, 2.75) is 6.54 Å². The van der Waals surface area contributed by atoms with Crippen molar-refractivity contribution in [3.8, 4) is 16.9 Å². The number of nitrogens with zero attached hydrogens (tertiary/aromatic N) is 2. The van der Waals surface area contributed by atoms with Gasteiger partial charge in [-0.25, -0.2) is 4.79 Å². The Balaban J connectivity index is 1.87. The number of aromatic hydroxyl groups is 1. The fourth-order valence-electron chi connectivity index (χ4n) is 2.44. The molecule has 5 heteroatoms. The van der Waals surface area contributed by atoms with Crippen LogP contribution in [0.3, 0.4) is 0 Å². The summed E-state index contributed by atoms with van der Waals surface area (Å²) in [7, 11) is 0. The fourth-order valence-corrected chi connectivity index (χ4v) is 2.44. The van der Waals surface area contributed by atoms with Crippen LogP contribution in [-0.2, 0) is 6.54 Å². The molecule has 2 N–H and O–H groups in total. The first-order valence-corrected chi connectivity index (χ1v) is 7.72. The van der Waals surface area contributed by atoms with Gasteiger partial charge in [-0.3, -0.25) is 0 Å². The third-order valence-electron chi connectivity index (χ3n) is 3.71. The molecule has 3 aromatic rings. The standard InChI is InChI=1S/C20H16N2O3/c23-19-17(15-8-4-9-16(12-15)20(24)25)10-5-11-18(19)22-21-13-14-6-2-1-3-7-14/h1-12,23H,13H2,(H,24,25). The normalized spacial score (nSPS) is 10.9. The van der Waals surface area contributed by atoms with Crippen LogP contribution in [-0.4, -0.2) is 16.2 Å². The van der Waals surface area contributed by atoms with Crippen LogP contribution in [0.4, 0.5) is 5.69 Å². The van der Waals surface area contributed by atoms with Gasteiger partial charge in [0.25, 0.3) is 0 Å². The monoisotopic (exact) mass is 332 g/mol. The van der Waals surface area contributed by atoms with Crippen LogP contribution < -0.4 is 0 Å². The van der Waals surface area contributed by atoms with Crippen molar-refractivity contribution < 1.29 is 15.0 Å². The van der Waals surface area contributed by atoms with Crippen LogP contribution in [0.25, 0.3) is 11.1 Å². The summed E-state index contributed by atoms with van der Waals surface area (Å²) in [5, 5.41) is 27.8. The molecule has 0 aromatic heterocycles. The molecule has 0 aliphatic rings. The minimum absolute atomic E-state index is 0.0261. The van der Waals surface area contributed by atoms with E-state index in [4.69, 9.17) is 5.11 Å². The number of phenols is 1. The van der Waals surface area contributed by atoms with Gasteiger partial charge >= 0.3 is 5.97 Å². The number of rotatable bonds is 5. The predicted octanol–water partition coefficient (Wildman–Crippen LogP) is 5.04. The van der Waals surface area contributed by atoms with Crippen molar-refractivity contribution in [1.29, 1.82) is 0 Å². The van der Waals surface area contributed by atoms with Crippen LogP contribution in [0.15, 0.2) is 83.0 Å². The molecule has 0 unspecified atom stereocenters. The van der Waals surface area contributed by atoms with Crippen LogP contribution in [0.1, 0.15) is 15.9 Å². The SMILES string of the molecule is O=C(O)c1cccc(-c2cccc(N=NCc3ccccc3)c2O)c1. The van der Waals surface area contributed by atoms with E-state index in [9.17, 15) is 9.90 Å². The minimum Gasteiger partial charge on any atom is -0.505 e. The first kappa shape index (κ1) is 16.4. The van der Waals surface area contributed by atoms with Gasteiger partial charge in [0.2, 0.25) is 0 Å². The number of carboxylic acids is 1. The number of hydrogen-bond acceptors (Lipinski definition) is 4. The summed E-state index contributed by atoms with van der Waals surface area (Å²) in [6, 6.07) is 21.2. The Bertz CT molecular complexity index is 921. The second kappa shape index (κ2) is 7.40. The third kappa shape index (κ3) is 3.90. The van der Waals surface area contributed by atoms with Gasteiger partial charge in [0.05, 0.1) is 12.1 Å². The zero-order chi connectivity index (χ0) is 17.6. The van der Waals surface area contributed by atoms with Crippen LogP contribution in [0, 0.1) is 0 Å². The highest BCUT2D eigenvalue weighted by atomic mass is 16.4. The summed E-state index contributed by atoms with van der Waals surface area (Å²) in [6.07, 6.45) is 0. The van der Waals surface area contributed by atoms with E-state index in [1.165, 1.54) is 12.1 Å². The molecule has 3 aromatic carbocycles. The number of para-hydroxylation sites is 1. The summed E-state index contributed by atoms with van der Waals surface area (Å²) < 4.78 is 0. The van der Waals surface area contributed by atoms with Gasteiger partial charge in [-0.1, -0.05) is 54.6 Å². The van der Waals surface area contributed by atoms with Gasteiger partial charge in [0.15, 0.2) is 5.75 Å². The van der Waals surface area contributed by atoms with Gasteiger partial charge in [0.1, 0.15) is 5.69 Å². The molecule has 0 saturated carbocycles. The molecule has 0 spiro atoms. The Morgan fingerprint density at radius 3 is 2.44 bits per heavy atom. The zero-order valence-corrected chi connectivity index (χ0v) is 13.3. The highest BCUT2D eigenvalue weighted by molar-refractivity contribution is 5.90. The molecule has 5 nitrogen and oxygen atoms in total. The van der Waals surface area contributed by atoms with Crippen LogP contribution in [0.2, 0.25) is 0 Å². The molecule has 0 fully saturated rings. The summed E-state index contributed by atoms with van der Waals surface area (Å²) in [6.45, 7) is 0.416. The van der Waals surface area contributed by atoms with Crippen molar-refractivity contribution in [2.75, 3.05) is 0 Å². The van der Waals surface area contributed by atoms with Gasteiger partial charge in [0, 0.05) is 5.56 Å². The Morgan fingerprint density at radius 2 is 1.68 bits per heavy atom. The molecule has 0 amide bonds. The van der Waals surface area contributed by atoms with E-state index in [1.54, 1.807) is 30.3 Å². The van der Waals surface area contributed by atoms with Crippen molar-refractivity contribution >= 4 is 11.7 Å². The number of benzene rings is 3. The second-order valence-electron chi connectivity index (χ2n) is 5.44. The molecule has 3 rings (SSSR count). The molecule has 0 saturated heterocycles. The number of aromatic carboxylic acids is 1. The minimum atomic E-state index is -1.01. The van der Waals surface area contributed by atoms with Crippen molar-refractivity contribution in [3.05, 3.63) is 83.9 Å². The first-order chi connectivity index (χ1) is 12.1. The maximum Gasteiger partial charge on any atom is 0.335 e. The summed E-state index contributed by atoms with van der Waals surface area (Å²) >= 11 is 0. The summed E-state index contributed by atoms with van der Waals surface area (Å²) in [5.41, 5.74) is 2.65. The van der Waals surface area contributed by atoms with E-state index in [0.717, 1.165) is 5.56 Å². The lowest BCUT2D eigenvalue weighted by Crippen LogP contribution is -1.95. The van der Waals surface area contributed by atoms with E-state index >= 15 is 0 Å².